The number of ether oxygens (including phenoxy) is 1. The average Bonchev–Trinajstić information content (AvgIpc) is 3.11. The van der Waals surface area contributed by atoms with Crippen molar-refractivity contribution >= 4 is 5.97 Å². The predicted molar refractivity (Wildman–Crippen MR) is 67.7 cm³/mol. The third kappa shape index (κ3) is 2.82. The van der Waals surface area contributed by atoms with Crippen LogP contribution in [0.5, 0.6) is 0 Å². The summed E-state index contributed by atoms with van der Waals surface area (Å²) in [5.74, 6) is 1.55. The molecule has 2 aliphatic carbocycles. The lowest BCUT2D eigenvalue weighted by Crippen LogP contribution is -2.57. The second-order valence-corrected chi connectivity index (χ2v) is 6.07. The summed E-state index contributed by atoms with van der Waals surface area (Å²) in [6, 6.07) is 0.326. The summed E-state index contributed by atoms with van der Waals surface area (Å²) in [6.07, 6.45) is 7.08. The normalized spacial score (nSPS) is 33.8. The highest BCUT2D eigenvalue weighted by Gasteiger charge is 2.47. The number of methoxy groups -OCH3 is 1. The van der Waals surface area contributed by atoms with Crippen molar-refractivity contribution in [3.63, 3.8) is 0 Å². The van der Waals surface area contributed by atoms with Gasteiger partial charge in [0.25, 0.3) is 0 Å². The van der Waals surface area contributed by atoms with Gasteiger partial charge in [0.15, 0.2) is 0 Å². The van der Waals surface area contributed by atoms with Crippen LogP contribution in [0.2, 0.25) is 0 Å². The Balaban J connectivity index is 2.10. The Kier molecular flexibility index (Phi) is 3.76. The molecule has 2 fully saturated rings. The zero-order valence-electron chi connectivity index (χ0n) is 11.3. The molecule has 2 rings (SSSR count). The van der Waals surface area contributed by atoms with Gasteiger partial charge in [0.1, 0.15) is 5.54 Å². The smallest absolute Gasteiger partial charge is 0.326 e. The molecule has 0 radical (unpaired) electrons. The lowest BCUT2D eigenvalue weighted by atomic mass is 9.73. The van der Waals surface area contributed by atoms with E-state index in [4.69, 9.17) is 4.74 Å². The van der Waals surface area contributed by atoms with Crippen LogP contribution in [0.15, 0.2) is 0 Å². The van der Waals surface area contributed by atoms with Gasteiger partial charge in [-0.15, -0.1) is 0 Å². The first-order chi connectivity index (χ1) is 8.07. The highest BCUT2D eigenvalue weighted by molar-refractivity contribution is 5.81. The van der Waals surface area contributed by atoms with Crippen LogP contribution in [-0.2, 0) is 9.53 Å². The molecular weight excluding hydrogens is 214 g/mol. The van der Waals surface area contributed by atoms with Gasteiger partial charge < -0.3 is 4.74 Å². The minimum absolute atomic E-state index is 0.0588. The number of nitrogens with one attached hydrogen (secondary N) is 1. The van der Waals surface area contributed by atoms with Crippen molar-refractivity contribution in [2.24, 2.45) is 11.8 Å². The number of hydrogen-bond acceptors (Lipinski definition) is 3. The molecular formula is C14H25NO2. The maximum absolute atomic E-state index is 12.1. The van der Waals surface area contributed by atoms with E-state index in [1.165, 1.54) is 26.4 Å². The van der Waals surface area contributed by atoms with Crippen molar-refractivity contribution in [2.75, 3.05) is 7.11 Å². The van der Waals surface area contributed by atoms with Crippen molar-refractivity contribution < 1.29 is 9.53 Å². The van der Waals surface area contributed by atoms with Gasteiger partial charge in [-0.1, -0.05) is 12.8 Å². The monoisotopic (exact) mass is 239 g/mol. The van der Waals surface area contributed by atoms with E-state index in [9.17, 15) is 4.79 Å². The lowest BCUT2D eigenvalue weighted by molar-refractivity contribution is -0.151. The molecule has 0 heterocycles. The molecule has 2 saturated carbocycles. The molecule has 0 amide bonds. The minimum atomic E-state index is -0.408. The van der Waals surface area contributed by atoms with Crippen LogP contribution < -0.4 is 5.32 Å². The predicted octanol–water partition coefficient (Wildman–Crippen LogP) is 2.50. The van der Waals surface area contributed by atoms with Gasteiger partial charge in [0, 0.05) is 6.04 Å². The molecule has 0 aliphatic heterocycles. The molecule has 0 aromatic heterocycles. The van der Waals surface area contributed by atoms with Crippen LogP contribution in [0.25, 0.3) is 0 Å². The maximum Gasteiger partial charge on any atom is 0.326 e. The van der Waals surface area contributed by atoms with E-state index >= 15 is 0 Å². The van der Waals surface area contributed by atoms with Gasteiger partial charge in [-0.3, -0.25) is 10.1 Å². The second kappa shape index (κ2) is 4.97. The third-order valence-corrected chi connectivity index (χ3v) is 4.22. The van der Waals surface area contributed by atoms with Crippen molar-refractivity contribution in [3.8, 4) is 0 Å². The largest absolute Gasteiger partial charge is 0.468 e. The van der Waals surface area contributed by atoms with Crippen LogP contribution in [0.4, 0.5) is 0 Å². The number of hydrogen-bond donors (Lipinski definition) is 1. The summed E-state index contributed by atoms with van der Waals surface area (Å²) in [4.78, 5) is 12.1. The van der Waals surface area contributed by atoms with Gasteiger partial charge in [0.2, 0.25) is 0 Å². The molecule has 0 saturated heterocycles. The van der Waals surface area contributed by atoms with Gasteiger partial charge >= 0.3 is 5.97 Å². The van der Waals surface area contributed by atoms with Crippen LogP contribution in [0.1, 0.15) is 52.4 Å². The fraction of sp³-hybridized carbons (Fsp3) is 0.929. The Morgan fingerprint density at radius 3 is 2.53 bits per heavy atom. The summed E-state index contributed by atoms with van der Waals surface area (Å²) >= 11 is 0. The van der Waals surface area contributed by atoms with Crippen LogP contribution in [0.3, 0.4) is 0 Å². The number of carbonyl (C=O) groups excluding carboxylic acids is 1. The molecule has 98 valence electrons. The number of rotatable bonds is 4. The van der Waals surface area contributed by atoms with Crippen molar-refractivity contribution in [1.82, 2.24) is 5.32 Å². The van der Waals surface area contributed by atoms with Crippen molar-refractivity contribution in [1.29, 1.82) is 0 Å². The van der Waals surface area contributed by atoms with Crippen LogP contribution >= 0.6 is 0 Å². The molecule has 17 heavy (non-hydrogen) atoms. The summed E-state index contributed by atoms with van der Waals surface area (Å²) < 4.78 is 5.04. The Bertz CT molecular complexity index is 286. The SMILES string of the molecule is COC(=O)C1(NC(C)C)CCCC(C2CC2)C1. The molecule has 0 aromatic carbocycles. The van der Waals surface area contributed by atoms with Crippen molar-refractivity contribution in [2.45, 2.75) is 64.0 Å². The van der Waals surface area contributed by atoms with Crippen molar-refractivity contribution in [3.05, 3.63) is 0 Å². The first kappa shape index (κ1) is 12.9. The molecule has 2 aliphatic rings. The zero-order valence-corrected chi connectivity index (χ0v) is 11.3. The van der Waals surface area contributed by atoms with Gasteiger partial charge in [-0.05, 0) is 51.4 Å². The molecule has 0 spiro atoms. The first-order valence-corrected chi connectivity index (χ1v) is 6.93. The minimum Gasteiger partial charge on any atom is -0.468 e. The first-order valence-electron chi connectivity index (χ1n) is 6.93. The standard InChI is InChI=1S/C14H25NO2/c1-10(2)15-14(13(16)17-3)8-4-5-12(9-14)11-6-7-11/h10-12,15H,4-9H2,1-3H3. The molecule has 1 N–H and O–H groups in total. The number of esters is 1. The van der Waals surface area contributed by atoms with Crippen LogP contribution in [-0.4, -0.2) is 24.7 Å². The van der Waals surface area contributed by atoms with E-state index in [1.807, 2.05) is 0 Å². The topological polar surface area (TPSA) is 38.3 Å². The van der Waals surface area contributed by atoms with Gasteiger partial charge in [-0.25, -0.2) is 0 Å². The fourth-order valence-corrected chi connectivity index (χ4v) is 3.41. The van der Waals surface area contributed by atoms with Crippen LogP contribution in [0, 0.1) is 11.8 Å². The Morgan fingerprint density at radius 2 is 2.00 bits per heavy atom. The molecule has 0 aromatic rings. The average molecular weight is 239 g/mol. The molecule has 2 atom stereocenters. The molecule has 3 nitrogen and oxygen atoms in total. The zero-order chi connectivity index (χ0) is 12.5. The van der Waals surface area contributed by atoms with E-state index < -0.39 is 5.54 Å². The van der Waals surface area contributed by atoms with E-state index in [2.05, 4.69) is 19.2 Å². The lowest BCUT2D eigenvalue weighted by Gasteiger charge is -2.40. The quantitative estimate of drug-likeness (QED) is 0.766. The number of carbonyl (C=O) groups is 1. The van der Waals surface area contributed by atoms with E-state index in [0.717, 1.165) is 31.1 Å². The second-order valence-electron chi connectivity index (χ2n) is 6.07. The summed E-state index contributed by atoms with van der Waals surface area (Å²) in [5.41, 5.74) is -0.408. The molecule has 0 bridgehead atoms. The maximum atomic E-state index is 12.1. The Labute approximate surface area is 104 Å². The summed E-state index contributed by atoms with van der Waals surface area (Å²) in [5, 5.41) is 3.48. The van der Waals surface area contributed by atoms with E-state index in [-0.39, 0.29) is 5.97 Å². The summed E-state index contributed by atoms with van der Waals surface area (Å²) in [6.45, 7) is 4.21. The van der Waals surface area contributed by atoms with Gasteiger partial charge in [0.05, 0.1) is 7.11 Å². The Hall–Kier alpha value is -0.570. The van der Waals surface area contributed by atoms with E-state index in [0.29, 0.717) is 6.04 Å². The highest BCUT2D eigenvalue weighted by atomic mass is 16.5. The highest BCUT2D eigenvalue weighted by Crippen LogP contribution is 2.46. The van der Waals surface area contributed by atoms with E-state index in [1.54, 1.807) is 0 Å². The Morgan fingerprint density at radius 1 is 1.29 bits per heavy atom. The summed E-state index contributed by atoms with van der Waals surface area (Å²) in [7, 11) is 1.51. The molecule has 2 unspecified atom stereocenters. The fourth-order valence-electron chi connectivity index (χ4n) is 3.41. The van der Waals surface area contributed by atoms with Gasteiger partial charge in [-0.2, -0.15) is 0 Å². The molecule has 3 heteroatoms. The third-order valence-electron chi connectivity index (χ3n) is 4.22.